The van der Waals surface area contributed by atoms with E-state index in [2.05, 4.69) is 25.2 Å². The van der Waals surface area contributed by atoms with Crippen LogP contribution in [0.3, 0.4) is 0 Å². The lowest BCUT2D eigenvalue weighted by atomic mass is 10.1. The summed E-state index contributed by atoms with van der Waals surface area (Å²) in [6, 6.07) is 6.88. The lowest BCUT2D eigenvalue weighted by molar-refractivity contribution is 0.594. The quantitative estimate of drug-likeness (QED) is 0.746. The first-order valence-corrected chi connectivity index (χ1v) is 5.22. The molecule has 0 unspecified atom stereocenters. The van der Waals surface area contributed by atoms with Gasteiger partial charge in [0, 0.05) is 12.6 Å². The minimum absolute atomic E-state index is 0.177. The first kappa shape index (κ1) is 11.9. The van der Waals surface area contributed by atoms with Crippen LogP contribution in [0.5, 0.6) is 0 Å². The second kappa shape index (κ2) is 5.66. The van der Waals surface area contributed by atoms with Crippen molar-refractivity contribution in [2.75, 3.05) is 6.54 Å². The molecule has 0 aliphatic carbocycles. The summed E-state index contributed by atoms with van der Waals surface area (Å²) < 4.78 is 12.9. The molecule has 1 N–H and O–H groups in total. The molecule has 0 saturated carbocycles. The number of rotatable bonds is 4. The van der Waals surface area contributed by atoms with Crippen LogP contribution < -0.4 is 5.32 Å². The number of benzene rings is 1. The van der Waals surface area contributed by atoms with E-state index in [0.29, 0.717) is 0 Å². The zero-order chi connectivity index (χ0) is 11.3. The Balaban J connectivity index is 2.54. The smallest absolute Gasteiger partial charge is 0.123 e. The van der Waals surface area contributed by atoms with Crippen LogP contribution in [-0.4, -0.2) is 6.54 Å². The predicted molar refractivity (Wildman–Crippen MR) is 62.2 cm³/mol. The Bertz CT molecular complexity index is 340. The molecule has 0 spiro atoms. The van der Waals surface area contributed by atoms with Crippen molar-refractivity contribution in [3.05, 3.63) is 47.3 Å². The van der Waals surface area contributed by atoms with E-state index in [4.69, 9.17) is 0 Å². The van der Waals surface area contributed by atoms with Gasteiger partial charge in [-0.3, -0.25) is 0 Å². The van der Waals surface area contributed by atoms with Crippen molar-refractivity contribution in [1.82, 2.24) is 5.32 Å². The molecule has 0 bridgehead atoms. The largest absolute Gasteiger partial charge is 0.307 e. The van der Waals surface area contributed by atoms with E-state index in [1.54, 1.807) is 12.1 Å². The standard InChI is InChI=1S/C13H18FN/c1-10(2)7-8-15-11(3)12-5-4-6-13(14)9-12/h4-7,9,11,15H,8H2,1-3H3/t11-/m0/s1. The number of halogens is 1. The van der Waals surface area contributed by atoms with E-state index < -0.39 is 0 Å². The van der Waals surface area contributed by atoms with Crippen molar-refractivity contribution in [2.45, 2.75) is 26.8 Å². The highest BCUT2D eigenvalue weighted by Crippen LogP contribution is 2.12. The fourth-order valence-corrected chi connectivity index (χ4v) is 1.33. The SMILES string of the molecule is CC(C)=CCN[C@@H](C)c1cccc(F)c1. The molecule has 1 nitrogen and oxygen atoms in total. The Morgan fingerprint density at radius 2 is 2.20 bits per heavy atom. The molecule has 15 heavy (non-hydrogen) atoms. The van der Waals surface area contributed by atoms with Crippen LogP contribution in [0.1, 0.15) is 32.4 Å². The molecule has 1 atom stereocenters. The molecular formula is C13H18FN. The summed E-state index contributed by atoms with van der Waals surface area (Å²) in [6.07, 6.45) is 2.12. The summed E-state index contributed by atoms with van der Waals surface area (Å²) in [7, 11) is 0. The molecule has 1 aromatic carbocycles. The molecule has 2 heteroatoms. The van der Waals surface area contributed by atoms with Crippen molar-refractivity contribution in [1.29, 1.82) is 0 Å². The van der Waals surface area contributed by atoms with Gasteiger partial charge in [-0.25, -0.2) is 4.39 Å². The summed E-state index contributed by atoms with van der Waals surface area (Å²) in [4.78, 5) is 0. The molecule has 1 aromatic rings. The Labute approximate surface area is 91.0 Å². The second-order valence-electron chi connectivity index (χ2n) is 3.97. The molecule has 0 radical (unpaired) electrons. The van der Waals surface area contributed by atoms with Crippen LogP contribution in [0.4, 0.5) is 4.39 Å². The van der Waals surface area contributed by atoms with Crippen molar-refractivity contribution in [3.63, 3.8) is 0 Å². The third-order valence-electron chi connectivity index (χ3n) is 2.28. The van der Waals surface area contributed by atoms with Gasteiger partial charge in [0.2, 0.25) is 0 Å². The highest BCUT2D eigenvalue weighted by Gasteiger charge is 2.03. The fourth-order valence-electron chi connectivity index (χ4n) is 1.33. The highest BCUT2D eigenvalue weighted by atomic mass is 19.1. The van der Waals surface area contributed by atoms with E-state index in [-0.39, 0.29) is 11.9 Å². The van der Waals surface area contributed by atoms with Crippen LogP contribution in [0.15, 0.2) is 35.9 Å². The van der Waals surface area contributed by atoms with Crippen LogP contribution in [0.25, 0.3) is 0 Å². The molecule has 0 saturated heterocycles. The number of hydrogen-bond donors (Lipinski definition) is 1. The second-order valence-corrected chi connectivity index (χ2v) is 3.97. The first-order valence-electron chi connectivity index (χ1n) is 5.22. The van der Waals surface area contributed by atoms with Crippen molar-refractivity contribution >= 4 is 0 Å². The summed E-state index contributed by atoms with van der Waals surface area (Å²) in [5.74, 6) is -0.177. The molecule has 0 heterocycles. The predicted octanol–water partition coefficient (Wildman–Crippen LogP) is 3.44. The van der Waals surface area contributed by atoms with E-state index in [9.17, 15) is 4.39 Å². The van der Waals surface area contributed by atoms with Gasteiger partial charge in [-0.15, -0.1) is 0 Å². The van der Waals surface area contributed by atoms with Crippen molar-refractivity contribution in [3.8, 4) is 0 Å². The van der Waals surface area contributed by atoms with Crippen LogP contribution in [0.2, 0.25) is 0 Å². The molecule has 0 aliphatic heterocycles. The minimum Gasteiger partial charge on any atom is -0.307 e. The van der Waals surface area contributed by atoms with Gasteiger partial charge in [-0.1, -0.05) is 23.8 Å². The molecule has 0 fully saturated rings. The fraction of sp³-hybridized carbons (Fsp3) is 0.385. The van der Waals surface area contributed by atoms with Gasteiger partial charge < -0.3 is 5.32 Å². The number of hydrogen-bond acceptors (Lipinski definition) is 1. The summed E-state index contributed by atoms with van der Waals surface area (Å²) in [6.45, 7) is 6.98. The third-order valence-corrected chi connectivity index (χ3v) is 2.28. The molecule has 82 valence electrons. The minimum atomic E-state index is -0.177. The lowest BCUT2D eigenvalue weighted by Gasteiger charge is -2.12. The zero-order valence-electron chi connectivity index (χ0n) is 9.55. The summed E-state index contributed by atoms with van der Waals surface area (Å²) in [5.41, 5.74) is 2.27. The zero-order valence-corrected chi connectivity index (χ0v) is 9.55. The van der Waals surface area contributed by atoms with Gasteiger partial charge in [0.05, 0.1) is 0 Å². The number of allylic oxidation sites excluding steroid dienone is 1. The van der Waals surface area contributed by atoms with E-state index in [0.717, 1.165) is 12.1 Å². The van der Waals surface area contributed by atoms with E-state index in [1.807, 2.05) is 13.0 Å². The Hall–Kier alpha value is -1.15. The lowest BCUT2D eigenvalue weighted by Crippen LogP contribution is -2.18. The average Bonchev–Trinajstić information content (AvgIpc) is 2.17. The molecule has 0 aliphatic rings. The van der Waals surface area contributed by atoms with Gasteiger partial charge >= 0.3 is 0 Å². The average molecular weight is 207 g/mol. The van der Waals surface area contributed by atoms with Crippen molar-refractivity contribution in [2.24, 2.45) is 0 Å². The Morgan fingerprint density at radius 1 is 1.47 bits per heavy atom. The van der Waals surface area contributed by atoms with Gasteiger partial charge in [-0.2, -0.15) is 0 Å². The Morgan fingerprint density at radius 3 is 2.80 bits per heavy atom. The van der Waals surface area contributed by atoms with Gasteiger partial charge in [0.15, 0.2) is 0 Å². The maximum Gasteiger partial charge on any atom is 0.123 e. The maximum atomic E-state index is 12.9. The van der Waals surface area contributed by atoms with E-state index >= 15 is 0 Å². The van der Waals surface area contributed by atoms with Crippen LogP contribution in [0, 0.1) is 5.82 Å². The van der Waals surface area contributed by atoms with Gasteiger partial charge in [0.1, 0.15) is 5.82 Å². The first-order chi connectivity index (χ1) is 7.09. The molecule has 1 rings (SSSR count). The van der Waals surface area contributed by atoms with Crippen LogP contribution >= 0.6 is 0 Å². The maximum absolute atomic E-state index is 12.9. The number of nitrogens with one attached hydrogen (secondary N) is 1. The molecular weight excluding hydrogens is 189 g/mol. The van der Waals surface area contributed by atoms with E-state index in [1.165, 1.54) is 11.6 Å². The highest BCUT2D eigenvalue weighted by molar-refractivity contribution is 5.19. The monoisotopic (exact) mass is 207 g/mol. The molecule has 0 amide bonds. The third kappa shape index (κ3) is 4.26. The van der Waals surface area contributed by atoms with Gasteiger partial charge in [-0.05, 0) is 38.5 Å². The normalized spacial score (nSPS) is 12.3. The van der Waals surface area contributed by atoms with Gasteiger partial charge in [0.25, 0.3) is 0 Å². The topological polar surface area (TPSA) is 12.0 Å². The summed E-state index contributed by atoms with van der Waals surface area (Å²) in [5, 5.41) is 3.31. The van der Waals surface area contributed by atoms with Crippen molar-refractivity contribution < 1.29 is 4.39 Å². The summed E-state index contributed by atoms with van der Waals surface area (Å²) >= 11 is 0. The molecule has 0 aromatic heterocycles. The van der Waals surface area contributed by atoms with Crippen LogP contribution in [-0.2, 0) is 0 Å². The Kier molecular flexibility index (Phi) is 4.50.